The van der Waals surface area contributed by atoms with Gasteiger partial charge in [-0.2, -0.15) is 0 Å². The lowest BCUT2D eigenvalue weighted by molar-refractivity contribution is -0.156. The van der Waals surface area contributed by atoms with Crippen LogP contribution in [0.3, 0.4) is 0 Å². The van der Waals surface area contributed by atoms with Crippen LogP contribution in [0.1, 0.15) is 27.2 Å². The number of hydrogen-bond donors (Lipinski definition) is 1. The second-order valence-corrected chi connectivity index (χ2v) is 5.92. The average molecular weight is 280 g/mol. The van der Waals surface area contributed by atoms with Gasteiger partial charge in [0.25, 0.3) is 0 Å². The van der Waals surface area contributed by atoms with Crippen molar-refractivity contribution < 1.29 is 14.7 Å². The van der Waals surface area contributed by atoms with Gasteiger partial charge in [-0.1, -0.05) is 19.8 Å². The number of nitrogens with zero attached hydrogens (tertiary/aromatic N) is 2. The van der Waals surface area contributed by atoms with E-state index in [4.69, 9.17) is 6.42 Å². The van der Waals surface area contributed by atoms with Crippen LogP contribution in [0.2, 0.25) is 0 Å². The Morgan fingerprint density at radius 3 is 2.25 bits per heavy atom. The number of carboxylic acid groups (broad SMARTS) is 1. The Balaban J connectivity index is 2.60. The van der Waals surface area contributed by atoms with Crippen molar-refractivity contribution in [3.8, 4) is 12.3 Å². The molecule has 1 saturated heterocycles. The monoisotopic (exact) mass is 280 g/mol. The first-order chi connectivity index (χ1) is 9.31. The number of carboxylic acids is 1. The van der Waals surface area contributed by atoms with E-state index in [0.717, 1.165) is 13.1 Å². The van der Waals surface area contributed by atoms with Crippen LogP contribution < -0.4 is 0 Å². The summed E-state index contributed by atoms with van der Waals surface area (Å²) in [6.07, 6.45) is 5.32. The topological polar surface area (TPSA) is 60.9 Å². The Kier molecular flexibility index (Phi) is 5.58. The van der Waals surface area contributed by atoms with Gasteiger partial charge in [-0.25, -0.2) is 0 Å². The van der Waals surface area contributed by atoms with E-state index < -0.39 is 11.4 Å². The molecule has 5 nitrogen and oxygen atoms in total. The molecular formula is C15H24N2O3. The van der Waals surface area contributed by atoms with E-state index >= 15 is 0 Å². The van der Waals surface area contributed by atoms with Crippen molar-refractivity contribution in [1.29, 1.82) is 0 Å². The van der Waals surface area contributed by atoms with Gasteiger partial charge in [0.1, 0.15) is 0 Å². The number of carbonyl (C=O) groups excluding carboxylic acids is 1. The molecule has 1 fully saturated rings. The number of amides is 1. The number of rotatable bonds is 5. The van der Waals surface area contributed by atoms with Crippen LogP contribution in [-0.2, 0) is 9.59 Å². The third kappa shape index (κ3) is 3.73. The summed E-state index contributed by atoms with van der Waals surface area (Å²) in [6.45, 7) is 8.66. The zero-order chi connectivity index (χ0) is 15.3. The van der Waals surface area contributed by atoms with Crippen LogP contribution in [0.15, 0.2) is 0 Å². The van der Waals surface area contributed by atoms with Gasteiger partial charge in [0.15, 0.2) is 0 Å². The first-order valence-electron chi connectivity index (χ1n) is 6.98. The highest BCUT2D eigenvalue weighted by atomic mass is 16.4. The lowest BCUT2D eigenvalue weighted by Crippen LogP contribution is -2.50. The van der Waals surface area contributed by atoms with E-state index in [1.165, 1.54) is 0 Å². The number of carbonyl (C=O) groups is 2. The van der Waals surface area contributed by atoms with E-state index in [9.17, 15) is 14.7 Å². The molecular weight excluding hydrogens is 256 g/mol. The van der Waals surface area contributed by atoms with Gasteiger partial charge in [0.2, 0.25) is 5.91 Å². The van der Waals surface area contributed by atoms with Crippen LogP contribution >= 0.6 is 0 Å². The average Bonchev–Trinajstić information content (AvgIpc) is 2.39. The lowest BCUT2D eigenvalue weighted by Gasteiger charge is -2.36. The highest BCUT2D eigenvalue weighted by molar-refractivity contribution is 5.85. The summed E-state index contributed by atoms with van der Waals surface area (Å²) in [5.74, 6) is 1.51. The second-order valence-electron chi connectivity index (χ2n) is 5.92. The zero-order valence-electron chi connectivity index (χ0n) is 12.6. The predicted octanol–water partition coefficient (Wildman–Crippen LogP) is 0.901. The molecule has 5 heteroatoms. The molecule has 1 aliphatic rings. The largest absolute Gasteiger partial charge is 0.481 e. The maximum atomic E-state index is 12.3. The lowest BCUT2D eigenvalue weighted by atomic mass is 9.76. The van der Waals surface area contributed by atoms with E-state index in [-0.39, 0.29) is 18.2 Å². The van der Waals surface area contributed by atoms with Crippen molar-refractivity contribution in [2.24, 2.45) is 11.3 Å². The van der Waals surface area contributed by atoms with Gasteiger partial charge in [0, 0.05) is 32.6 Å². The van der Waals surface area contributed by atoms with E-state index in [0.29, 0.717) is 19.6 Å². The van der Waals surface area contributed by atoms with Crippen molar-refractivity contribution in [3.63, 3.8) is 0 Å². The third-order valence-electron chi connectivity index (χ3n) is 4.32. The molecule has 0 aliphatic carbocycles. The molecule has 1 amide bonds. The summed E-state index contributed by atoms with van der Waals surface area (Å²) in [7, 11) is 0. The van der Waals surface area contributed by atoms with Crippen LogP contribution in [0.5, 0.6) is 0 Å². The Labute approximate surface area is 120 Å². The summed E-state index contributed by atoms with van der Waals surface area (Å²) in [5.41, 5.74) is -1.01. The smallest absolute Gasteiger partial charge is 0.310 e. The Hall–Kier alpha value is -1.54. The fourth-order valence-corrected chi connectivity index (χ4v) is 2.24. The van der Waals surface area contributed by atoms with Crippen LogP contribution in [0.4, 0.5) is 0 Å². The van der Waals surface area contributed by atoms with Crippen LogP contribution in [-0.4, -0.2) is 59.5 Å². The molecule has 1 heterocycles. The minimum Gasteiger partial charge on any atom is -0.481 e. The van der Waals surface area contributed by atoms with E-state index in [1.54, 1.807) is 11.8 Å². The van der Waals surface area contributed by atoms with Crippen LogP contribution in [0.25, 0.3) is 0 Å². The SMILES string of the molecule is C#CCN1CCN(C(=O)CC(C)(C(=O)O)C(C)C)CC1. The predicted molar refractivity (Wildman–Crippen MR) is 77.1 cm³/mol. The zero-order valence-corrected chi connectivity index (χ0v) is 12.6. The van der Waals surface area contributed by atoms with Crippen molar-refractivity contribution in [1.82, 2.24) is 9.80 Å². The minimum absolute atomic E-state index is 0.0507. The van der Waals surface area contributed by atoms with Crippen molar-refractivity contribution >= 4 is 11.9 Å². The third-order valence-corrected chi connectivity index (χ3v) is 4.32. The van der Waals surface area contributed by atoms with Crippen molar-refractivity contribution in [3.05, 3.63) is 0 Å². The Morgan fingerprint density at radius 2 is 1.85 bits per heavy atom. The molecule has 0 bridgehead atoms. The summed E-state index contributed by atoms with van der Waals surface area (Å²) in [4.78, 5) is 27.6. The summed E-state index contributed by atoms with van der Waals surface area (Å²) in [5, 5.41) is 9.36. The molecule has 0 saturated carbocycles. The maximum Gasteiger partial charge on any atom is 0.310 e. The molecule has 0 radical (unpaired) electrons. The second kappa shape index (κ2) is 6.76. The quantitative estimate of drug-likeness (QED) is 0.760. The molecule has 112 valence electrons. The standard InChI is InChI=1S/C15H24N2O3/c1-5-6-16-7-9-17(10-8-16)13(18)11-15(4,12(2)3)14(19)20/h1,12H,6-11H2,2-4H3,(H,19,20). The maximum absolute atomic E-state index is 12.3. The van der Waals surface area contributed by atoms with Gasteiger partial charge >= 0.3 is 5.97 Å². The van der Waals surface area contributed by atoms with Gasteiger partial charge in [-0.3, -0.25) is 14.5 Å². The molecule has 20 heavy (non-hydrogen) atoms. The van der Waals surface area contributed by atoms with Crippen LogP contribution in [0, 0.1) is 23.7 Å². The molecule has 1 unspecified atom stereocenters. The molecule has 0 aromatic carbocycles. The Bertz CT molecular complexity index is 406. The fraction of sp³-hybridized carbons (Fsp3) is 0.733. The van der Waals surface area contributed by atoms with Gasteiger partial charge in [-0.15, -0.1) is 6.42 Å². The summed E-state index contributed by atoms with van der Waals surface area (Å²) < 4.78 is 0. The van der Waals surface area contributed by atoms with E-state index in [2.05, 4.69) is 10.8 Å². The fourth-order valence-electron chi connectivity index (χ4n) is 2.24. The molecule has 0 spiro atoms. The minimum atomic E-state index is -1.01. The highest BCUT2D eigenvalue weighted by Gasteiger charge is 2.40. The van der Waals surface area contributed by atoms with Crippen molar-refractivity contribution in [2.45, 2.75) is 27.2 Å². The summed E-state index contributed by atoms with van der Waals surface area (Å²) in [6, 6.07) is 0. The molecule has 1 atom stereocenters. The normalized spacial score (nSPS) is 19.4. The van der Waals surface area contributed by atoms with E-state index in [1.807, 2.05) is 13.8 Å². The van der Waals surface area contributed by atoms with Crippen molar-refractivity contribution in [2.75, 3.05) is 32.7 Å². The number of piperazine rings is 1. The summed E-state index contributed by atoms with van der Waals surface area (Å²) >= 11 is 0. The van der Waals surface area contributed by atoms with Gasteiger partial charge < -0.3 is 10.0 Å². The Morgan fingerprint density at radius 1 is 1.30 bits per heavy atom. The van der Waals surface area contributed by atoms with Gasteiger partial charge in [-0.05, 0) is 12.8 Å². The molecule has 1 rings (SSSR count). The molecule has 1 aliphatic heterocycles. The molecule has 0 aromatic rings. The molecule has 1 N–H and O–H groups in total. The first-order valence-corrected chi connectivity index (χ1v) is 6.98. The number of aliphatic carboxylic acids is 1. The highest BCUT2D eigenvalue weighted by Crippen LogP contribution is 2.32. The van der Waals surface area contributed by atoms with Gasteiger partial charge in [0.05, 0.1) is 12.0 Å². The number of terminal acetylenes is 1. The first kappa shape index (κ1) is 16.5. The molecule has 0 aromatic heterocycles. The number of hydrogen-bond acceptors (Lipinski definition) is 3.